The Morgan fingerprint density at radius 3 is 1.81 bits per heavy atom. The molecule has 0 aromatic heterocycles. The summed E-state index contributed by atoms with van der Waals surface area (Å²) >= 11 is 0. The van der Waals surface area contributed by atoms with Gasteiger partial charge in [-0.15, -0.1) is 10.2 Å². The summed E-state index contributed by atoms with van der Waals surface area (Å²) in [6, 6.07) is 16.3. The number of benzene rings is 5. The highest BCUT2D eigenvalue weighted by Crippen LogP contribution is 2.48. The van der Waals surface area contributed by atoms with Crippen molar-refractivity contribution >= 4 is 102 Å². The van der Waals surface area contributed by atoms with Crippen molar-refractivity contribution in [3.8, 4) is 5.75 Å². The molecule has 0 fully saturated rings. The average Bonchev–Trinajstić information content (AvgIpc) is 3.26. The monoisotopic (exact) mass is 1030 g/mol. The number of amides is 1. The Hall–Kier alpha value is -7.27. The number of phenols is 1. The fraction of sp³-hybridized carbons (Fsp3) is 0.167. The van der Waals surface area contributed by atoms with Gasteiger partial charge in [0, 0.05) is 42.5 Å². The van der Waals surface area contributed by atoms with Crippen LogP contribution in [-0.4, -0.2) is 84.3 Å². The lowest BCUT2D eigenvalue weighted by Gasteiger charge is -2.22. The molecule has 5 rings (SSSR count). The van der Waals surface area contributed by atoms with E-state index in [1.165, 1.54) is 43.3 Å². The number of aromatic hydroxyl groups is 1. The van der Waals surface area contributed by atoms with Crippen molar-refractivity contribution in [2.24, 2.45) is 26.2 Å². The van der Waals surface area contributed by atoms with Gasteiger partial charge in [-0.3, -0.25) is 18.6 Å². The summed E-state index contributed by atoms with van der Waals surface area (Å²) in [6.07, 6.45) is 2.60. The average molecular weight is 1030 g/mol. The van der Waals surface area contributed by atoms with E-state index >= 15 is 0 Å². The lowest BCUT2D eigenvalue weighted by atomic mass is 10.0. The number of nitrogen functional groups attached to an aromatic ring is 2. The highest BCUT2D eigenvalue weighted by Gasteiger charge is 2.29. The third kappa shape index (κ3) is 14.1. The largest absolute Gasteiger partial charge is 0.505 e. The molecule has 0 aliphatic carbocycles. The number of sulfone groups is 1. The Labute approximate surface area is 397 Å². The number of carbonyl (C=O) groups is 1. The maximum Gasteiger partial charge on any atom is 0.296 e. The maximum atomic E-state index is 12.7. The van der Waals surface area contributed by atoms with Crippen LogP contribution in [0.3, 0.4) is 0 Å². The zero-order valence-electron chi connectivity index (χ0n) is 37.0. The van der Waals surface area contributed by atoms with Crippen LogP contribution >= 0.6 is 0 Å². The molecule has 27 heteroatoms. The van der Waals surface area contributed by atoms with Crippen LogP contribution in [0.4, 0.5) is 45.5 Å². The van der Waals surface area contributed by atoms with Gasteiger partial charge in [-0.1, -0.05) is 13.2 Å². The van der Waals surface area contributed by atoms with Gasteiger partial charge in [0.15, 0.2) is 15.6 Å². The molecule has 0 aliphatic rings. The summed E-state index contributed by atoms with van der Waals surface area (Å²) < 4.78 is 122. The molecule has 5 aromatic rings. The summed E-state index contributed by atoms with van der Waals surface area (Å²) in [4.78, 5) is 10.7. The summed E-state index contributed by atoms with van der Waals surface area (Å²) in [5.41, 5.74) is 17.9. The van der Waals surface area contributed by atoms with E-state index in [0.29, 0.717) is 23.5 Å². The first kappa shape index (κ1) is 54.3. The van der Waals surface area contributed by atoms with Crippen LogP contribution in [0, 0.1) is 0 Å². The van der Waals surface area contributed by atoms with Crippen molar-refractivity contribution in [3.63, 3.8) is 0 Å². The van der Waals surface area contributed by atoms with E-state index in [-0.39, 0.29) is 38.5 Å². The minimum Gasteiger partial charge on any atom is -0.505 e. The number of sulfonamides is 1. The van der Waals surface area contributed by atoms with Gasteiger partial charge in [0.1, 0.15) is 21.2 Å². The number of fused-ring (bicyclic) bond motifs is 1. The number of aliphatic hydroxyl groups excluding tert-OH is 1. The molecule has 0 saturated carbocycles. The van der Waals surface area contributed by atoms with Crippen LogP contribution in [0.1, 0.15) is 20.8 Å². The number of allylic oxidation sites excluding steroid dienone is 2. The number of azo groups is 2. The number of rotatable bonds is 18. The van der Waals surface area contributed by atoms with Crippen LogP contribution < -0.4 is 32.1 Å². The van der Waals surface area contributed by atoms with Crippen molar-refractivity contribution in [2.75, 3.05) is 47.1 Å². The number of anilines is 4. The molecule has 0 bridgehead atoms. The molecule has 69 heavy (non-hydrogen) atoms. The lowest BCUT2D eigenvalue weighted by Crippen LogP contribution is -2.22. The van der Waals surface area contributed by atoms with E-state index in [4.69, 9.17) is 22.3 Å². The highest BCUT2D eigenvalue weighted by molar-refractivity contribution is 7.91. The lowest BCUT2D eigenvalue weighted by molar-refractivity contribution is -0.114. The molecule has 0 spiro atoms. The SMILES string of the molecule is C=C(N)/C=C\C(=C)NS(=O)(=O)c1ccc(N=Nc2c(S(=O)(=O)O)cc3c(S(=O)(=O)O)cc(N=Nc4ccc(S(=O)(=O)CCO)cc4)c(N)c3c2O)cc1.CCN(CC)c1ccc(N)c(NC(C)=O)c1. The quantitative estimate of drug-likeness (QED) is 0.0207. The van der Waals surface area contributed by atoms with Crippen molar-refractivity contribution in [1.82, 2.24) is 4.72 Å². The maximum absolute atomic E-state index is 12.7. The zero-order chi connectivity index (χ0) is 51.6. The normalized spacial score (nSPS) is 12.3. The standard InChI is InChI=1S/C30H29N7O12S4.C12H19N3O/c1-17(31)3-4-18(2)37-51(42,43)22-11-7-20(8-12-22)34-36-29-26(53(47,48)49)15-23-25(52(44,45)46)16-24(28(32)27(23)30(29)39)35-33-19-5-9-21(10-6-19)50(40,41)14-13-38;1-4-15(5-2)10-6-7-11(13)12(8-10)14-9(3)16/h3-12,15-16,37-39H,1-2,13-14,31-32H2,(H,44,45,46)(H,47,48,49);6-8H,4-5,13H2,1-3H3,(H,14,16)/b4-3-,35-33?,36-34?;. The van der Waals surface area contributed by atoms with E-state index in [1.54, 1.807) is 0 Å². The molecule has 23 nitrogen and oxygen atoms in total. The molecule has 368 valence electrons. The Kier molecular flexibility index (Phi) is 17.5. The van der Waals surface area contributed by atoms with Gasteiger partial charge < -0.3 is 37.6 Å². The third-order valence-electron chi connectivity index (χ3n) is 9.36. The molecule has 5 aromatic carbocycles. The predicted octanol–water partition coefficient (Wildman–Crippen LogP) is 6.11. The van der Waals surface area contributed by atoms with Gasteiger partial charge in [0.2, 0.25) is 5.91 Å². The van der Waals surface area contributed by atoms with E-state index < -0.39 is 95.8 Å². The van der Waals surface area contributed by atoms with Gasteiger partial charge in [-0.25, -0.2) is 16.8 Å². The molecule has 0 unspecified atom stereocenters. The number of nitrogens with zero attached hydrogens (tertiary/aromatic N) is 5. The van der Waals surface area contributed by atoms with Crippen LogP contribution in [0.2, 0.25) is 0 Å². The van der Waals surface area contributed by atoms with Gasteiger partial charge in [-0.2, -0.15) is 27.1 Å². The number of hydrogen-bond donors (Lipinski definition) is 9. The molecular weight excluding hydrogens is 981 g/mol. The number of carbonyl (C=O) groups excluding carboxylic acids is 1. The number of nitrogens with two attached hydrogens (primary N) is 3. The second-order valence-corrected chi connectivity index (χ2v) is 20.9. The Bertz CT molecular complexity index is 3340. The van der Waals surface area contributed by atoms with E-state index in [9.17, 15) is 52.7 Å². The smallest absolute Gasteiger partial charge is 0.296 e. The van der Waals surface area contributed by atoms with Crippen molar-refractivity contribution < 1.29 is 57.8 Å². The highest BCUT2D eigenvalue weighted by atomic mass is 32.2. The van der Waals surface area contributed by atoms with Gasteiger partial charge in [-0.05, 0) is 105 Å². The summed E-state index contributed by atoms with van der Waals surface area (Å²) in [7, 11) is -18.4. The van der Waals surface area contributed by atoms with Gasteiger partial charge >= 0.3 is 0 Å². The number of phenolic OH excluding ortho intramolecular Hbond substituents is 1. The zero-order valence-corrected chi connectivity index (χ0v) is 40.2. The molecule has 0 heterocycles. The van der Waals surface area contributed by atoms with Crippen LogP contribution in [0.15, 0.2) is 156 Å². The van der Waals surface area contributed by atoms with Crippen molar-refractivity contribution in [2.45, 2.75) is 40.4 Å². The number of aliphatic hydroxyl groups is 1. The third-order valence-corrected chi connectivity index (χ3v) is 14.3. The van der Waals surface area contributed by atoms with Crippen molar-refractivity contribution in [3.05, 3.63) is 116 Å². The molecule has 12 N–H and O–H groups in total. The van der Waals surface area contributed by atoms with Crippen LogP contribution in [0.25, 0.3) is 10.8 Å². The van der Waals surface area contributed by atoms with E-state index in [1.807, 2.05) is 18.2 Å². The first-order chi connectivity index (χ1) is 32.1. The fourth-order valence-corrected chi connectivity index (χ4v) is 9.47. The Morgan fingerprint density at radius 1 is 0.754 bits per heavy atom. The Morgan fingerprint density at radius 2 is 1.30 bits per heavy atom. The molecule has 0 aliphatic heterocycles. The summed E-state index contributed by atoms with van der Waals surface area (Å²) in [6.45, 7) is 13.9. The molecule has 1 amide bonds. The first-order valence-corrected chi connectivity index (χ1v) is 25.9. The van der Waals surface area contributed by atoms with Gasteiger partial charge in [0.25, 0.3) is 30.3 Å². The summed E-state index contributed by atoms with van der Waals surface area (Å²) in [5.74, 6) is -1.77. The van der Waals surface area contributed by atoms with Gasteiger partial charge in [0.05, 0.1) is 56.0 Å². The van der Waals surface area contributed by atoms with Crippen LogP contribution in [-0.2, 0) is 44.9 Å². The second kappa shape index (κ2) is 22.2. The van der Waals surface area contributed by atoms with Crippen molar-refractivity contribution in [1.29, 1.82) is 0 Å². The summed E-state index contributed by atoms with van der Waals surface area (Å²) in [5, 5.41) is 36.9. The first-order valence-electron chi connectivity index (χ1n) is 19.8. The second-order valence-electron chi connectivity index (χ2n) is 14.3. The van der Waals surface area contributed by atoms with E-state index in [2.05, 4.69) is 62.4 Å². The number of nitrogens with one attached hydrogen (secondary N) is 2. The topological polar surface area (TPSA) is 389 Å². The molecule has 0 atom stereocenters. The van der Waals surface area contributed by atoms with Crippen LogP contribution in [0.5, 0.6) is 5.75 Å². The predicted molar refractivity (Wildman–Crippen MR) is 261 cm³/mol. The number of hydrogen-bond acceptors (Lipinski definition) is 19. The van der Waals surface area contributed by atoms with E-state index in [0.717, 1.165) is 43.0 Å². The molecular formula is C42H48N10O13S4. The Balaban J connectivity index is 0.000000547. The molecule has 0 saturated heterocycles. The minimum absolute atomic E-state index is 0.0347. The minimum atomic E-state index is -5.29. The molecule has 0 radical (unpaired) electrons. The fourth-order valence-electron chi connectivity index (χ4n) is 6.07.